The lowest BCUT2D eigenvalue weighted by Crippen LogP contribution is -2.17. The number of aromatic nitrogens is 2. The predicted octanol–water partition coefficient (Wildman–Crippen LogP) is 3.22. The van der Waals surface area contributed by atoms with Gasteiger partial charge in [0.1, 0.15) is 18.2 Å². The lowest BCUT2D eigenvalue weighted by atomic mass is 9.81. The molecule has 21 heavy (non-hydrogen) atoms. The zero-order valence-corrected chi connectivity index (χ0v) is 13.3. The van der Waals surface area contributed by atoms with Crippen molar-refractivity contribution in [3.05, 3.63) is 11.9 Å². The minimum absolute atomic E-state index is 0.413. The first-order valence-corrected chi connectivity index (χ1v) is 8.12. The van der Waals surface area contributed by atoms with Gasteiger partial charge in [0.25, 0.3) is 0 Å². The number of ether oxygens (including phenoxy) is 1. The van der Waals surface area contributed by atoms with Gasteiger partial charge in [-0.05, 0) is 31.6 Å². The Morgan fingerprint density at radius 2 is 2.24 bits per heavy atom. The standard InChI is InChI=1S/C16H28N4O/c1-3-21-11-16-19-14(17)10-15(20-16)18-8-7-13-6-4-5-12(2)9-13/h10,12-13H,3-9,11H2,1-2H3,(H3,17,18,19,20). The molecule has 2 atom stereocenters. The number of hydrogen-bond donors (Lipinski definition) is 2. The summed E-state index contributed by atoms with van der Waals surface area (Å²) < 4.78 is 5.33. The van der Waals surface area contributed by atoms with Crippen molar-refractivity contribution in [2.45, 2.75) is 52.6 Å². The van der Waals surface area contributed by atoms with Gasteiger partial charge in [-0.25, -0.2) is 9.97 Å². The number of rotatable bonds is 7. The van der Waals surface area contributed by atoms with Gasteiger partial charge in [0.2, 0.25) is 0 Å². The molecule has 0 radical (unpaired) electrons. The van der Waals surface area contributed by atoms with Gasteiger partial charge < -0.3 is 15.8 Å². The third kappa shape index (κ3) is 5.50. The summed E-state index contributed by atoms with van der Waals surface area (Å²) in [5, 5.41) is 3.38. The highest BCUT2D eigenvalue weighted by atomic mass is 16.5. The van der Waals surface area contributed by atoms with Crippen LogP contribution < -0.4 is 11.1 Å². The number of nitrogen functional groups attached to an aromatic ring is 1. The Morgan fingerprint density at radius 1 is 1.38 bits per heavy atom. The predicted molar refractivity (Wildman–Crippen MR) is 86.0 cm³/mol. The van der Waals surface area contributed by atoms with E-state index in [4.69, 9.17) is 10.5 Å². The molecule has 0 bridgehead atoms. The molecular weight excluding hydrogens is 264 g/mol. The molecule has 1 aromatic rings. The normalized spacial score (nSPS) is 22.2. The zero-order chi connectivity index (χ0) is 15.1. The van der Waals surface area contributed by atoms with Gasteiger partial charge in [-0.1, -0.05) is 26.2 Å². The van der Waals surface area contributed by atoms with E-state index in [1.807, 2.05) is 6.92 Å². The lowest BCUT2D eigenvalue weighted by Gasteiger charge is -2.26. The van der Waals surface area contributed by atoms with Crippen molar-refractivity contribution in [3.8, 4) is 0 Å². The molecule has 0 spiro atoms. The third-order valence-corrected chi connectivity index (χ3v) is 4.13. The highest BCUT2D eigenvalue weighted by Gasteiger charge is 2.18. The number of hydrogen-bond acceptors (Lipinski definition) is 5. The van der Waals surface area contributed by atoms with Crippen LogP contribution in [0.1, 0.15) is 51.8 Å². The van der Waals surface area contributed by atoms with Crippen molar-refractivity contribution in [3.63, 3.8) is 0 Å². The zero-order valence-electron chi connectivity index (χ0n) is 13.3. The Balaban J connectivity index is 1.80. The molecule has 1 saturated carbocycles. The average molecular weight is 292 g/mol. The van der Waals surface area contributed by atoms with Crippen LogP contribution in [0, 0.1) is 11.8 Å². The van der Waals surface area contributed by atoms with Crippen molar-refractivity contribution < 1.29 is 4.74 Å². The van der Waals surface area contributed by atoms with Crippen LogP contribution in [0.5, 0.6) is 0 Å². The van der Waals surface area contributed by atoms with Gasteiger partial charge in [-0.15, -0.1) is 0 Å². The van der Waals surface area contributed by atoms with E-state index in [0.29, 0.717) is 24.9 Å². The quantitative estimate of drug-likeness (QED) is 0.807. The van der Waals surface area contributed by atoms with E-state index in [9.17, 15) is 0 Å². The third-order valence-electron chi connectivity index (χ3n) is 4.13. The van der Waals surface area contributed by atoms with Crippen LogP contribution >= 0.6 is 0 Å². The topological polar surface area (TPSA) is 73.1 Å². The van der Waals surface area contributed by atoms with Crippen LogP contribution in [-0.4, -0.2) is 23.1 Å². The highest BCUT2D eigenvalue weighted by Crippen LogP contribution is 2.30. The largest absolute Gasteiger partial charge is 0.384 e. The van der Waals surface area contributed by atoms with Crippen LogP contribution in [0.25, 0.3) is 0 Å². The summed E-state index contributed by atoms with van der Waals surface area (Å²) in [5.41, 5.74) is 5.82. The first-order valence-electron chi connectivity index (χ1n) is 8.12. The molecule has 1 fully saturated rings. The minimum atomic E-state index is 0.413. The fraction of sp³-hybridized carbons (Fsp3) is 0.750. The van der Waals surface area contributed by atoms with Crippen LogP contribution in [-0.2, 0) is 11.3 Å². The molecule has 0 saturated heterocycles. The van der Waals surface area contributed by atoms with Gasteiger partial charge in [0.05, 0.1) is 0 Å². The summed E-state index contributed by atoms with van der Waals surface area (Å²) in [6.45, 7) is 6.33. The second-order valence-corrected chi connectivity index (χ2v) is 6.08. The number of nitrogens with two attached hydrogens (primary N) is 1. The molecule has 2 unspecified atom stereocenters. The van der Waals surface area contributed by atoms with Gasteiger partial charge >= 0.3 is 0 Å². The van der Waals surface area contributed by atoms with Crippen LogP contribution in [0.4, 0.5) is 11.6 Å². The lowest BCUT2D eigenvalue weighted by molar-refractivity contribution is 0.128. The van der Waals surface area contributed by atoms with Crippen molar-refractivity contribution in [2.24, 2.45) is 11.8 Å². The first-order chi connectivity index (χ1) is 10.2. The van der Waals surface area contributed by atoms with Gasteiger partial charge in [0.15, 0.2) is 5.82 Å². The van der Waals surface area contributed by atoms with Crippen LogP contribution in [0.15, 0.2) is 6.07 Å². The minimum Gasteiger partial charge on any atom is -0.384 e. The van der Waals surface area contributed by atoms with E-state index in [2.05, 4.69) is 22.2 Å². The molecule has 2 rings (SSSR count). The Hall–Kier alpha value is -1.36. The molecule has 5 nitrogen and oxygen atoms in total. The Kier molecular flexibility index (Phi) is 6.23. The summed E-state index contributed by atoms with van der Waals surface area (Å²) in [5.74, 6) is 3.68. The summed E-state index contributed by atoms with van der Waals surface area (Å²) in [6.07, 6.45) is 6.71. The van der Waals surface area contributed by atoms with E-state index >= 15 is 0 Å². The van der Waals surface area contributed by atoms with Crippen molar-refractivity contribution in [2.75, 3.05) is 24.2 Å². The molecule has 1 heterocycles. The fourth-order valence-electron chi connectivity index (χ4n) is 3.09. The maximum atomic E-state index is 5.82. The van der Waals surface area contributed by atoms with E-state index < -0.39 is 0 Å². The van der Waals surface area contributed by atoms with Crippen LogP contribution in [0.3, 0.4) is 0 Å². The molecule has 3 N–H and O–H groups in total. The molecular formula is C16H28N4O. The summed E-state index contributed by atoms with van der Waals surface area (Å²) in [7, 11) is 0. The molecule has 0 aliphatic heterocycles. The summed E-state index contributed by atoms with van der Waals surface area (Å²) >= 11 is 0. The number of nitrogens with zero attached hydrogens (tertiary/aromatic N) is 2. The van der Waals surface area contributed by atoms with E-state index in [1.165, 1.54) is 32.1 Å². The second-order valence-electron chi connectivity index (χ2n) is 6.08. The second kappa shape index (κ2) is 8.17. The molecule has 1 aliphatic rings. The summed E-state index contributed by atoms with van der Waals surface area (Å²) in [6, 6.07) is 1.79. The monoisotopic (exact) mass is 292 g/mol. The molecule has 0 aromatic carbocycles. The molecule has 1 aromatic heterocycles. The van der Waals surface area contributed by atoms with Gasteiger partial charge in [-0.3, -0.25) is 0 Å². The van der Waals surface area contributed by atoms with Crippen molar-refractivity contribution in [1.82, 2.24) is 9.97 Å². The summed E-state index contributed by atoms with van der Waals surface area (Å²) in [4.78, 5) is 8.62. The van der Waals surface area contributed by atoms with E-state index in [0.717, 1.165) is 24.2 Å². The Bertz CT molecular complexity index is 438. The Morgan fingerprint density at radius 3 is 3.00 bits per heavy atom. The van der Waals surface area contributed by atoms with Gasteiger partial charge in [0, 0.05) is 19.2 Å². The van der Waals surface area contributed by atoms with Gasteiger partial charge in [-0.2, -0.15) is 0 Å². The van der Waals surface area contributed by atoms with Crippen LogP contribution in [0.2, 0.25) is 0 Å². The molecule has 1 aliphatic carbocycles. The highest BCUT2D eigenvalue weighted by molar-refractivity contribution is 5.44. The fourth-order valence-corrected chi connectivity index (χ4v) is 3.09. The molecule has 0 amide bonds. The number of nitrogens with one attached hydrogen (secondary N) is 1. The maximum absolute atomic E-state index is 5.82. The molecule has 118 valence electrons. The molecule has 5 heteroatoms. The SMILES string of the molecule is CCOCc1nc(N)cc(NCCC2CCCC(C)C2)n1. The van der Waals surface area contributed by atoms with E-state index in [-0.39, 0.29) is 0 Å². The maximum Gasteiger partial charge on any atom is 0.158 e. The Labute approximate surface area is 127 Å². The van der Waals surface area contributed by atoms with E-state index in [1.54, 1.807) is 6.07 Å². The smallest absolute Gasteiger partial charge is 0.158 e. The van der Waals surface area contributed by atoms with Crippen molar-refractivity contribution in [1.29, 1.82) is 0 Å². The van der Waals surface area contributed by atoms with Crippen molar-refractivity contribution >= 4 is 11.6 Å². The first kappa shape index (κ1) is 16.0. The average Bonchev–Trinajstić information content (AvgIpc) is 2.45. The number of anilines is 2.